The zero-order valence-corrected chi connectivity index (χ0v) is 17.3. The number of hydrogen-bond donors (Lipinski definition) is 1. The monoisotopic (exact) mass is 370 g/mol. The van der Waals surface area contributed by atoms with Gasteiger partial charge in [0.2, 0.25) is 11.8 Å². The molecule has 4 heteroatoms. The maximum atomic E-state index is 12.8. The average molecular weight is 371 g/mol. The number of anilines is 1. The van der Waals surface area contributed by atoms with Gasteiger partial charge in [-0.2, -0.15) is 0 Å². The lowest BCUT2D eigenvalue weighted by molar-refractivity contribution is -0.139. The Morgan fingerprint density at radius 2 is 1.41 bits per heavy atom. The summed E-state index contributed by atoms with van der Waals surface area (Å²) >= 11 is 0. The summed E-state index contributed by atoms with van der Waals surface area (Å²) in [4.78, 5) is 27.6. The molecule has 2 fully saturated rings. The van der Waals surface area contributed by atoms with Crippen molar-refractivity contribution in [2.45, 2.75) is 66.2 Å². The molecule has 2 amide bonds. The first-order valence-electron chi connectivity index (χ1n) is 10.5. The van der Waals surface area contributed by atoms with Gasteiger partial charge in [0.25, 0.3) is 0 Å². The molecule has 2 aliphatic rings. The molecule has 0 spiro atoms. The molecule has 27 heavy (non-hydrogen) atoms. The Labute approximate surface area is 163 Å². The number of piperidine rings is 1. The zero-order valence-electron chi connectivity index (χ0n) is 17.3. The Morgan fingerprint density at radius 3 is 1.96 bits per heavy atom. The van der Waals surface area contributed by atoms with E-state index in [9.17, 15) is 9.59 Å². The van der Waals surface area contributed by atoms with Crippen molar-refractivity contribution in [1.29, 1.82) is 0 Å². The van der Waals surface area contributed by atoms with E-state index in [-0.39, 0.29) is 17.7 Å². The Balaban J connectivity index is 1.53. The topological polar surface area (TPSA) is 49.4 Å². The van der Waals surface area contributed by atoms with Crippen LogP contribution in [0.4, 0.5) is 5.69 Å². The van der Waals surface area contributed by atoms with Crippen LogP contribution in [0.1, 0.15) is 62.1 Å². The number of carbonyl (C=O) groups is 2. The predicted molar refractivity (Wildman–Crippen MR) is 110 cm³/mol. The molecule has 1 heterocycles. The molecular weight excluding hydrogens is 336 g/mol. The summed E-state index contributed by atoms with van der Waals surface area (Å²) in [6.07, 6.45) is 5.56. The summed E-state index contributed by atoms with van der Waals surface area (Å²) in [6.45, 7) is 10.3. The molecule has 1 saturated heterocycles. The number of likely N-dealkylation sites (tertiary alicyclic amines) is 1. The third kappa shape index (κ3) is 4.72. The number of hydrogen-bond acceptors (Lipinski definition) is 2. The maximum Gasteiger partial charge on any atom is 0.227 e. The van der Waals surface area contributed by atoms with Crippen molar-refractivity contribution in [3.05, 3.63) is 28.8 Å². The van der Waals surface area contributed by atoms with E-state index in [2.05, 4.69) is 36.2 Å². The van der Waals surface area contributed by atoms with Crippen LogP contribution in [-0.4, -0.2) is 29.8 Å². The fraction of sp³-hybridized carbons (Fsp3) is 0.652. The molecule has 1 saturated carbocycles. The van der Waals surface area contributed by atoms with E-state index in [0.29, 0.717) is 5.91 Å². The minimum absolute atomic E-state index is 0.0236. The summed E-state index contributed by atoms with van der Waals surface area (Å²) < 4.78 is 0. The molecule has 1 aromatic carbocycles. The van der Waals surface area contributed by atoms with Gasteiger partial charge in [0.1, 0.15) is 0 Å². The SMILES string of the molecule is Cc1cc(C)c(NC(=O)C2CCC(C(=O)N3CCC(C)CC3)CC2)c(C)c1. The number of nitrogens with zero attached hydrogens (tertiary/aromatic N) is 1. The molecule has 1 N–H and O–H groups in total. The lowest BCUT2D eigenvalue weighted by Gasteiger charge is -2.35. The molecule has 0 aromatic heterocycles. The number of benzene rings is 1. The summed E-state index contributed by atoms with van der Waals surface area (Å²) in [7, 11) is 0. The van der Waals surface area contributed by atoms with Crippen molar-refractivity contribution < 1.29 is 9.59 Å². The highest BCUT2D eigenvalue weighted by Gasteiger charge is 2.33. The van der Waals surface area contributed by atoms with Crippen molar-refractivity contribution in [2.75, 3.05) is 18.4 Å². The first kappa shape index (κ1) is 19.9. The molecule has 3 rings (SSSR count). The van der Waals surface area contributed by atoms with E-state index < -0.39 is 0 Å². The molecule has 0 atom stereocenters. The lowest BCUT2D eigenvalue weighted by Crippen LogP contribution is -2.42. The van der Waals surface area contributed by atoms with E-state index >= 15 is 0 Å². The minimum Gasteiger partial charge on any atom is -0.342 e. The van der Waals surface area contributed by atoms with Gasteiger partial charge in [0.05, 0.1) is 0 Å². The highest BCUT2D eigenvalue weighted by molar-refractivity contribution is 5.94. The average Bonchev–Trinajstić information content (AvgIpc) is 2.64. The summed E-state index contributed by atoms with van der Waals surface area (Å²) in [6, 6.07) is 4.22. The van der Waals surface area contributed by atoms with E-state index in [1.54, 1.807) is 0 Å². The van der Waals surface area contributed by atoms with Crippen LogP contribution in [0, 0.1) is 38.5 Å². The van der Waals surface area contributed by atoms with Gasteiger partial charge in [-0.1, -0.05) is 24.6 Å². The smallest absolute Gasteiger partial charge is 0.227 e. The van der Waals surface area contributed by atoms with Gasteiger partial charge in [0, 0.05) is 30.6 Å². The van der Waals surface area contributed by atoms with Crippen molar-refractivity contribution in [2.24, 2.45) is 17.8 Å². The van der Waals surface area contributed by atoms with Crippen LogP contribution in [0.15, 0.2) is 12.1 Å². The van der Waals surface area contributed by atoms with Gasteiger partial charge in [-0.05, 0) is 76.3 Å². The quantitative estimate of drug-likeness (QED) is 0.844. The zero-order chi connectivity index (χ0) is 19.6. The first-order valence-corrected chi connectivity index (χ1v) is 10.5. The van der Waals surface area contributed by atoms with Gasteiger partial charge in [-0.15, -0.1) is 0 Å². The summed E-state index contributed by atoms with van der Waals surface area (Å²) in [5.74, 6) is 1.32. The fourth-order valence-corrected chi connectivity index (χ4v) is 4.69. The highest BCUT2D eigenvalue weighted by atomic mass is 16.2. The van der Waals surface area contributed by atoms with Gasteiger partial charge < -0.3 is 10.2 Å². The van der Waals surface area contributed by atoms with Crippen LogP contribution < -0.4 is 5.32 Å². The lowest BCUT2D eigenvalue weighted by atomic mass is 9.80. The number of amides is 2. The van der Waals surface area contributed by atoms with Crippen molar-refractivity contribution in [3.8, 4) is 0 Å². The number of rotatable bonds is 3. The fourth-order valence-electron chi connectivity index (χ4n) is 4.69. The largest absolute Gasteiger partial charge is 0.342 e. The Hall–Kier alpha value is -1.84. The van der Waals surface area contributed by atoms with E-state index in [4.69, 9.17) is 0 Å². The van der Waals surface area contributed by atoms with Crippen LogP contribution in [0.2, 0.25) is 0 Å². The highest BCUT2D eigenvalue weighted by Crippen LogP contribution is 2.32. The number of nitrogens with one attached hydrogen (secondary N) is 1. The van der Waals surface area contributed by atoms with E-state index in [1.165, 1.54) is 5.56 Å². The maximum absolute atomic E-state index is 12.8. The summed E-state index contributed by atoms with van der Waals surface area (Å²) in [5.41, 5.74) is 4.40. The van der Waals surface area contributed by atoms with Gasteiger partial charge >= 0.3 is 0 Å². The standard InChI is InChI=1S/C23H34N2O2/c1-15-9-11-25(12-10-15)23(27)20-7-5-19(6-8-20)22(26)24-21-17(3)13-16(2)14-18(21)4/h13-15,19-20H,5-12H2,1-4H3,(H,24,26). The second-order valence-corrected chi connectivity index (χ2v) is 8.82. The van der Waals surface area contributed by atoms with Gasteiger partial charge in [0.15, 0.2) is 0 Å². The van der Waals surface area contributed by atoms with E-state index in [0.717, 1.165) is 74.3 Å². The number of aryl methyl sites for hydroxylation is 3. The van der Waals surface area contributed by atoms with Crippen molar-refractivity contribution >= 4 is 17.5 Å². The Kier molecular flexibility index (Phi) is 6.23. The molecule has 0 unspecified atom stereocenters. The van der Waals surface area contributed by atoms with E-state index in [1.807, 2.05) is 13.8 Å². The molecule has 4 nitrogen and oxygen atoms in total. The third-order valence-electron chi connectivity index (χ3n) is 6.47. The third-order valence-corrected chi connectivity index (χ3v) is 6.47. The minimum atomic E-state index is 0.0236. The predicted octanol–water partition coefficient (Wildman–Crippen LogP) is 4.62. The molecule has 1 aromatic rings. The van der Waals surface area contributed by atoms with Crippen molar-refractivity contribution in [3.63, 3.8) is 0 Å². The second kappa shape index (κ2) is 8.45. The molecule has 0 bridgehead atoms. The summed E-state index contributed by atoms with van der Waals surface area (Å²) in [5, 5.41) is 3.15. The van der Waals surface area contributed by atoms with Crippen LogP contribution in [0.5, 0.6) is 0 Å². The van der Waals surface area contributed by atoms with Gasteiger partial charge in [-0.3, -0.25) is 9.59 Å². The molecule has 148 valence electrons. The van der Waals surface area contributed by atoms with Crippen LogP contribution in [-0.2, 0) is 9.59 Å². The Bertz CT molecular complexity index is 673. The van der Waals surface area contributed by atoms with Crippen LogP contribution in [0.3, 0.4) is 0 Å². The molecule has 1 aliphatic heterocycles. The number of carbonyl (C=O) groups excluding carboxylic acids is 2. The molecular formula is C23H34N2O2. The normalized spacial score (nSPS) is 23.9. The molecule has 0 radical (unpaired) electrons. The first-order chi connectivity index (χ1) is 12.8. The van der Waals surface area contributed by atoms with Crippen molar-refractivity contribution in [1.82, 2.24) is 4.90 Å². The van der Waals surface area contributed by atoms with Crippen LogP contribution >= 0.6 is 0 Å². The van der Waals surface area contributed by atoms with Crippen LogP contribution in [0.25, 0.3) is 0 Å². The second-order valence-electron chi connectivity index (χ2n) is 8.82. The van der Waals surface area contributed by atoms with Gasteiger partial charge in [-0.25, -0.2) is 0 Å². The Morgan fingerprint density at radius 1 is 0.889 bits per heavy atom. The molecule has 1 aliphatic carbocycles.